The molecule has 0 saturated carbocycles. The Bertz CT molecular complexity index is 2480. The molecule has 0 radical (unpaired) electrons. The summed E-state index contributed by atoms with van der Waals surface area (Å²) in [4.78, 5) is 18.1. The average Bonchev–Trinajstić information content (AvgIpc) is 3.90. The number of allylic oxidation sites excluding steroid dienone is 6. The van der Waals surface area contributed by atoms with Crippen molar-refractivity contribution in [1.82, 2.24) is 19.9 Å². The molecule has 8 bridgehead atoms. The third-order valence-electron chi connectivity index (χ3n) is 9.45. The van der Waals surface area contributed by atoms with Gasteiger partial charge in [-0.1, -0.05) is 84.5 Å². The molecule has 0 spiro atoms. The van der Waals surface area contributed by atoms with Crippen LogP contribution in [0.2, 0.25) is 0 Å². The Morgan fingerprint density at radius 3 is 2.00 bits per heavy atom. The average molecular weight is 651 g/mol. The summed E-state index contributed by atoms with van der Waals surface area (Å²) in [6, 6.07) is 23.8. The quantitative estimate of drug-likeness (QED) is 0.176. The predicted octanol–water partition coefficient (Wildman–Crippen LogP) is 12.3. The highest BCUT2D eigenvalue weighted by molar-refractivity contribution is 5.98. The molecule has 0 unspecified atom stereocenters. The first-order valence-electron chi connectivity index (χ1n) is 17.1. The van der Waals surface area contributed by atoms with Crippen LogP contribution in [0.15, 0.2) is 109 Å². The lowest BCUT2D eigenvalue weighted by atomic mass is 9.92. The van der Waals surface area contributed by atoms with Crippen molar-refractivity contribution in [1.29, 1.82) is 0 Å². The van der Waals surface area contributed by atoms with E-state index < -0.39 is 0 Å². The normalized spacial score (nSPS) is 12.8. The number of hydrogen-bond donors (Lipinski definition) is 2. The molecular weight excluding hydrogens is 609 g/mol. The smallest absolute Gasteiger partial charge is 0.0737 e. The van der Waals surface area contributed by atoms with Crippen LogP contribution in [0.1, 0.15) is 64.4 Å². The standard InChI is InChI=1S/C46H42N4/c1-9-10-28(3)23-30(5)33(8)44-37-17-15-35(47-37)26-36-16-18-41(48-36)46(43-31(6)24-29(4)25-32(43)7)42-22-21-40(50-42)45(39-20-19-38(44)49-39)34-13-11-27(2)12-14-34/h9-26,47,50H,1,8H2,2-7H3/b28-10-,30-23-,35-26?,36-26?,44-37?,44-38?,45-39?,45-40?,46-41?,46-42?. The molecule has 0 fully saturated rings. The van der Waals surface area contributed by atoms with Crippen molar-refractivity contribution in [3.8, 4) is 22.3 Å². The van der Waals surface area contributed by atoms with Gasteiger partial charge in [-0.05, 0) is 130 Å². The molecule has 50 heavy (non-hydrogen) atoms. The molecule has 7 rings (SSSR count). The second-order valence-corrected chi connectivity index (χ2v) is 13.4. The third-order valence-corrected chi connectivity index (χ3v) is 9.45. The fourth-order valence-corrected chi connectivity index (χ4v) is 7.18. The monoisotopic (exact) mass is 650 g/mol. The summed E-state index contributed by atoms with van der Waals surface area (Å²) in [7, 11) is 0. The number of H-pyrrole nitrogens is 2. The third kappa shape index (κ3) is 6.17. The van der Waals surface area contributed by atoms with Crippen LogP contribution in [-0.2, 0) is 0 Å². The number of aromatic amines is 2. The topological polar surface area (TPSA) is 57.4 Å². The van der Waals surface area contributed by atoms with Crippen molar-refractivity contribution in [2.24, 2.45) is 0 Å². The minimum Gasteiger partial charge on any atom is -0.355 e. The number of nitrogens with zero attached hydrogens (tertiary/aromatic N) is 2. The summed E-state index contributed by atoms with van der Waals surface area (Å²) < 4.78 is 0. The first-order chi connectivity index (χ1) is 24.1. The van der Waals surface area contributed by atoms with Crippen molar-refractivity contribution < 1.29 is 0 Å². The number of aryl methyl sites for hydroxylation is 4. The van der Waals surface area contributed by atoms with E-state index in [-0.39, 0.29) is 0 Å². The maximum atomic E-state index is 5.35. The predicted molar refractivity (Wildman–Crippen MR) is 215 cm³/mol. The summed E-state index contributed by atoms with van der Waals surface area (Å²) in [6.07, 6.45) is 14.4. The van der Waals surface area contributed by atoms with Gasteiger partial charge in [0.15, 0.2) is 0 Å². The van der Waals surface area contributed by atoms with Crippen LogP contribution in [0.5, 0.6) is 0 Å². The molecule has 246 valence electrons. The molecule has 4 heteroatoms. The van der Waals surface area contributed by atoms with E-state index in [1.54, 1.807) is 6.08 Å². The lowest BCUT2D eigenvalue weighted by Gasteiger charge is -2.13. The number of benzene rings is 2. The highest BCUT2D eigenvalue weighted by Gasteiger charge is 2.19. The van der Waals surface area contributed by atoms with Crippen LogP contribution in [-0.4, -0.2) is 19.9 Å². The minimum absolute atomic E-state index is 0.854. The highest BCUT2D eigenvalue weighted by atomic mass is 14.8. The van der Waals surface area contributed by atoms with E-state index in [1.165, 1.54) is 27.8 Å². The van der Waals surface area contributed by atoms with Gasteiger partial charge in [0.05, 0.1) is 22.8 Å². The van der Waals surface area contributed by atoms with Crippen LogP contribution >= 0.6 is 0 Å². The van der Waals surface area contributed by atoms with Crippen LogP contribution in [0.25, 0.3) is 74.2 Å². The van der Waals surface area contributed by atoms with Gasteiger partial charge < -0.3 is 9.97 Å². The van der Waals surface area contributed by atoms with Gasteiger partial charge in [0, 0.05) is 38.8 Å². The van der Waals surface area contributed by atoms with Crippen LogP contribution in [0.4, 0.5) is 0 Å². The van der Waals surface area contributed by atoms with Gasteiger partial charge in [-0.2, -0.15) is 0 Å². The molecule has 0 aliphatic carbocycles. The SMILES string of the molecule is C=C/C=C(C)\C=C(\C)C(=C)c1c2nc(c(-c3ccc(C)cc3)c3ccc([nH]3)c(-c3c(C)cc(C)cc3C)c3nc(cc4ccc1[nH]4)C=C3)C=C2. The Hall–Kier alpha value is -6.00. The van der Waals surface area contributed by atoms with E-state index >= 15 is 0 Å². The number of nitrogens with one attached hydrogen (secondary N) is 2. The lowest BCUT2D eigenvalue weighted by Crippen LogP contribution is -1.94. The Kier molecular flexibility index (Phi) is 8.55. The van der Waals surface area contributed by atoms with Gasteiger partial charge in [0.25, 0.3) is 0 Å². The van der Waals surface area contributed by atoms with Gasteiger partial charge >= 0.3 is 0 Å². The molecule has 2 N–H and O–H groups in total. The molecular formula is C46H42N4. The minimum atomic E-state index is 0.854. The first-order valence-corrected chi connectivity index (χ1v) is 17.1. The van der Waals surface area contributed by atoms with Crippen LogP contribution < -0.4 is 0 Å². The number of hydrogen-bond acceptors (Lipinski definition) is 2. The van der Waals surface area contributed by atoms with Crippen LogP contribution in [0, 0.1) is 27.7 Å². The fraction of sp³-hybridized carbons (Fsp3) is 0.130. The Labute approximate surface area is 294 Å². The maximum Gasteiger partial charge on any atom is 0.0737 e. The van der Waals surface area contributed by atoms with Crippen molar-refractivity contribution >= 4 is 51.9 Å². The van der Waals surface area contributed by atoms with Gasteiger partial charge in [-0.25, -0.2) is 9.97 Å². The molecule has 5 aromatic rings. The second-order valence-electron chi connectivity index (χ2n) is 13.4. The zero-order chi connectivity index (χ0) is 35.1. The molecule has 2 aromatic carbocycles. The summed E-state index contributed by atoms with van der Waals surface area (Å²) >= 11 is 0. The maximum absolute atomic E-state index is 5.35. The molecule has 0 atom stereocenters. The molecule has 2 aliphatic rings. The van der Waals surface area contributed by atoms with E-state index in [0.29, 0.717) is 0 Å². The van der Waals surface area contributed by atoms with E-state index in [0.717, 1.165) is 83.8 Å². The zero-order valence-electron chi connectivity index (χ0n) is 29.7. The number of fused-ring (bicyclic) bond motifs is 8. The van der Waals surface area contributed by atoms with Gasteiger partial charge in [0.2, 0.25) is 0 Å². The molecule has 0 saturated heterocycles. The Balaban J connectivity index is 1.62. The molecule has 3 aromatic heterocycles. The van der Waals surface area contributed by atoms with E-state index in [4.69, 9.17) is 9.97 Å². The zero-order valence-corrected chi connectivity index (χ0v) is 29.7. The summed E-state index contributed by atoms with van der Waals surface area (Å²) in [5.74, 6) is 0. The molecule has 5 heterocycles. The first kappa shape index (κ1) is 32.5. The summed E-state index contributed by atoms with van der Waals surface area (Å²) in [6.45, 7) is 21.3. The van der Waals surface area contributed by atoms with E-state index in [1.807, 2.05) is 6.08 Å². The summed E-state index contributed by atoms with van der Waals surface area (Å²) in [5.41, 5.74) is 20.8. The van der Waals surface area contributed by atoms with Crippen molar-refractivity contribution in [2.75, 3.05) is 0 Å². The molecule has 4 nitrogen and oxygen atoms in total. The van der Waals surface area contributed by atoms with Gasteiger partial charge in [0.1, 0.15) is 0 Å². The number of aromatic nitrogens is 4. The highest BCUT2D eigenvalue weighted by Crippen LogP contribution is 2.38. The van der Waals surface area contributed by atoms with Crippen molar-refractivity contribution in [2.45, 2.75) is 41.5 Å². The number of rotatable bonds is 6. The summed E-state index contributed by atoms with van der Waals surface area (Å²) in [5, 5.41) is 0. The van der Waals surface area contributed by atoms with Crippen molar-refractivity contribution in [3.05, 3.63) is 160 Å². The second kappa shape index (κ2) is 13.1. The van der Waals surface area contributed by atoms with Crippen LogP contribution in [0.3, 0.4) is 0 Å². The molecule has 0 amide bonds. The van der Waals surface area contributed by atoms with Crippen molar-refractivity contribution in [3.63, 3.8) is 0 Å². The fourth-order valence-electron chi connectivity index (χ4n) is 7.18. The van der Waals surface area contributed by atoms with Gasteiger partial charge in [-0.3, -0.25) is 0 Å². The Morgan fingerprint density at radius 2 is 1.28 bits per heavy atom. The Morgan fingerprint density at radius 1 is 0.640 bits per heavy atom. The lowest BCUT2D eigenvalue weighted by molar-refractivity contribution is 1.28. The van der Waals surface area contributed by atoms with E-state index in [9.17, 15) is 0 Å². The van der Waals surface area contributed by atoms with Gasteiger partial charge in [-0.15, -0.1) is 0 Å². The van der Waals surface area contributed by atoms with E-state index in [2.05, 4.69) is 162 Å². The largest absolute Gasteiger partial charge is 0.355 e. The molecule has 2 aliphatic heterocycles.